The molecule has 2 aromatic rings. The second-order valence-electron chi connectivity index (χ2n) is 2.84. The van der Waals surface area contributed by atoms with Crippen LogP contribution in [0.2, 0.25) is 0 Å². The number of nitrogens with zero attached hydrogens (tertiary/aromatic N) is 1. The molecular weight excluding hydrogens is 238 g/mol. The zero-order valence-corrected chi connectivity index (χ0v) is 8.99. The molecule has 0 saturated heterocycles. The SMILES string of the molecule is O=S(=O)(Cl)c1cccc(-c2cocn2)c1. The van der Waals surface area contributed by atoms with Crippen LogP contribution < -0.4 is 0 Å². The van der Waals surface area contributed by atoms with E-state index in [2.05, 4.69) is 4.98 Å². The molecule has 0 aliphatic carbocycles. The highest BCUT2D eigenvalue weighted by Gasteiger charge is 2.11. The molecule has 15 heavy (non-hydrogen) atoms. The van der Waals surface area contributed by atoms with Crippen LogP contribution in [0.15, 0.2) is 46.2 Å². The molecule has 0 N–H and O–H groups in total. The predicted molar refractivity (Wildman–Crippen MR) is 55.0 cm³/mol. The maximum absolute atomic E-state index is 11.1. The molecule has 4 nitrogen and oxygen atoms in total. The van der Waals surface area contributed by atoms with Gasteiger partial charge in [-0.1, -0.05) is 12.1 Å². The largest absolute Gasteiger partial charge is 0.451 e. The van der Waals surface area contributed by atoms with Gasteiger partial charge >= 0.3 is 0 Å². The lowest BCUT2D eigenvalue weighted by molar-refractivity contribution is 0.558. The van der Waals surface area contributed by atoms with Gasteiger partial charge in [-0.15, -0.1) is 0 Å². The van der Waals surface area contributed by atoms with Gasteiger partial charge in [0.2, 0.25) is 0 Å². The molecule has 0 aliphatic rings. The summed E-state index contributed by atoms with van der Waals surface area (Å²) in [4.78, 5) is 3.95. The van der Waals surface area contributed by atoms with Crippen molar-refractivity contribution in [3.8, 4) is 11.3 Å². The fourth-order valence-corrected chi connectivity index (χ4v) is 1.96. The van der Waals surface area contributed by atoms with E-state index in [0.717, 1.165) is 0 Å². The first-order chi connectivity index (χ1) is 7.07. The van der Waals surface area contributed by atoms with Crippen molar-refractivity contribution in [2.24, 2.45) is 0 Å². The van der Waals surface area contributed by atoms with Crippen LogP contribution in [0.4, 0.5) is 0 Å². The van der Waals surface area contributed by atoms with Gasteiger partial charge in [-0.2, -0.15) is 0 Å². The molecule has 0 unspecified atom stereocenters. The van der Waals surface area contributed by atoms with Crippen molar-refractivity contribution in [2.45, 2.75) is 4.90 Å². The first-order valence-electron chi connectivity index (χ1n) is 4.01. The van der Waals surface area contributed by atoms with Gasteiger partial charge in [-0.05, 0) is 12.1 Å². The first kappa shape index (κ1) is 10.2. The number of aromatic nitrogens is 1. The number of benzene rings is 1. The van der Waals surface area contributed by atoms with Crippen molar-refractivity contribution in [3.05, 3.63) is 36.9 Å². The van der Waals surface area contributed by atoms with Crippen molar-refractivity contribution >= 4 is 19.7 Å². The summed E-state index contributed by atoms with van der Waals surface area (Å²) < 4.78 is 27.0. The summed E-state index contributed by atoms with van der Waals surface area (Å²) in [6, 6.07) is 6.19. The van der Waals surface area contributed by atoms with E-state index in [1.54, 1.807) is 12.1 Å². The summed E-state index contributed by atoms with van der Waals surface area (Å²) in [7, 11) is 1.52. The minimum atomic E-state index is -3.70. The predicted octanol–water partition coefficient (Wildman–Crippen LogP) is 2.27. The maximum atomic E-state index is 11.1. The Hall–Kier alpha value is -1.33. The molecule has 0 atom stereocenters. The van der Waals surface area contributed by atoms with E-state index in [1.165, 1.54) is 24.8 Å². The van der Waals surface area contributed by atoms with Crippen LogP contribution >= 0.6 is 10.7 Å². The van der Waals surface area contributed by atoms with Gasteiger partial charge in [0, 0.05) is 16.2 Å². The van der Waals surface area contributed by atoms with E-state index in [1.807, 2.05) is 0 Å². The minimum absolute atomic E-state index is 0.0460. The molecule has 2 rings (SSSR count). The maximum Gasteiger partial charge on any atom is 0.261 e. The van der Waals surface area contributed by atoms with Crippen molar-refractivity contribution in [1.82, 2.24) is 4.98 Å². The molecule has 0 bridgehead atoms. The Kier molecular flexibility index (Phi) is 2.50. The van der Waals surface area contributed by atoms with Crippen LogP contribution in [0.3, 0.4) is 0 Å². The van der Waals surface area contributed by atoms with Gasteiger partial charge in [0.15, 0.2) is 6.39 Å². The van der Waals surface area contributed by atoms with Crippen LogP contribution in [0.1, 0.15) is 0 Å². The normalized spacial score (nSPS) is 11.5. The average Bonchev–Trinajstić information content (AvgIpc) is 2.69. The van der Waals surface area contributed by atoms with Crippen molar-refractivity contribution in [3.63, 3.8) is 0 Å². The smallest absolute Gasteiger partial charge is 0.261 e. The summed E-state index contributed by atoms with van der Waals surface area (Å²) in [5, 5.41) is 0. The molecule has 0 radical (unpaired) electrons. The Morgan fingerprint density at radius 2 is 2.13 bits per heavy atom. The highest BCUT2D eigenvalue weighted by Crippen LogP contribution is 2.22. The van der Waals surface area contributed by atoms with Gasteiger partial charge in [-0.25, -0.2) is 13.4 Å². The Bertz CT molecular complexity index is 563. The second-order valence-corrected chi connectivity index (χ2v) is 5.41. The van der Waals surface area contributed by atoms with Crippen LogP contribution in [0.5, 0.6) is 0 Å². The third kappa shape index (κ3) is 2.19. The standard InChI is InChI=1S/C9H6ClNO3S/c10-15(12,13)8-3-1-2-7(4-8)9-5-14-6-11-9/h1-6H. The number of hydrogen-bond donors (Lipinski definition) is 0. The number of halogens is 1. The topological polar surface area (TPSA) is 60.2 Å². The Morgan fingerprint density at radius 3 is 2.73 bits per heavy atom. The lowest BCUT2D eigenvalue weighted by Crippen LogP contribution is -1.90. The summed E-state index contributed by atoms with van der Waals surface area (Å²) in [6.45, 7) is 0. The van der Waals surface area contributed by atoms with Crippen molar-refractivity contribution in [2.75, 3.05) is 0 Å². The van der Waals surface area contributed by atoms with Gasteiger partial charge in [0.1, 0.15) is 12.0 Å². The highest BCUT2D eigenvalue weighted by atomic mass is 35.7. The highest BCUT2D eigenvalue weighted by molar-refractivity contribution is 8.13. The monoisotopic (exact) mass is 243 g/mol. The van der Waals surface area contributed by atoms with Crippen LogP contribution in [-0.2, 0) is 9.05 Å². The molecular formula is C9H6ClNO3S. The summed E-state index contributed by atoms with van der Waals surface area (Å²) >= 11 is 0. The number of hydrogen-bond acceptors (Lipinski definition) is 4. The van der Waals surface area contributed by atoms with Crippen LogP contribution in [-0.4, -0.2) is 13.4 Å². The summed E-state index contributed by atoms with van der Waals surface area (Å²) in [5.74, 6) is 0. The Labute approximate surface area is 90.9 Å². The quantitative estimate of drug-likeness (QED) is 0.759. The molecule has 1 aromatic heterocycles. The van der Waals surface area contributed by atoms with Gasteiger partial charge in [-0.3, -0.25) is 0 Å². The van der Waals surface area contributed by atoms with E-state index in [4.69, 9.17) is 15.1 Å². The lowest BCUT2D eigenvalue weighted by atomic mass is 10.2. The zero-order valence-electron chi connectivity index (χ0n) is 7.42. The Balaban J connectivity index is 2.53. The van der Waals surface area contributed by atoms with Gasteiger partial charge < -0.3 is 4.42 Å². The van der Waals surface area contributed by atoms with Gasteiger partial charge in [0.05, 0.1) is 4.90 Å². The molecule has 1 aromatic carbocycles. The lowest BCUT2D eigenvalue weighted by Gasteiger charge is -1.98. The zero-order chi connectivity index (χ0) is 10.9. The molecule has 0 saturated carbocycles. The number of rotatable bonds is 2. The van der Waals surface area contributed by atoms with E-state index in [9.17, 15) is 8.42 Å². The van der Waals surface area contributed by atoms with E-state index in [-0.39, 0.29) is 4.90 Å². The molecule has 0 amide bonds. The van der Waals surface area contributed by atoms with E-state index < -0.39 is 9.05 Å². The van der Waals surface area contributed by atoms with E-state index in [0.29, 0.717) is 11.3 Å². The molecule has 0 spiro atoms. The third-order valence-corrected chi connectivity index (χ3v) is 3.20. The van der Waals surface area contributed by atoms with Gasteiger partial charge in [0.25, 0.3) is 9.05 Å². The molecule has 1 heterocycles. The molecule has 6 heteroatoms. The van der Waals surface area contributed by atoms with Crippen molar-refractivity contribution in [1.29, 1.82) is 0 Å². The Morgan fingerprint density at radius 1 is 1.33 bits per heavy atom. The average molecular weight is 244 g/mol. The number of oxazole rings is 1. The van der Waals surface area contributed by atoms with E-state index >= 15 is 0 Å². The summed E-state index contributed by atoms with van der Waals surface area (Å²) in [5.41, 5.74) is 1.21. The van der Waals surface area contributed by atoms with Crippen molar-refractivity contribution < 1.29 is 12.8 Å². The third-order valence-electron chi connectivity index (χ3n) is 1.84. The van der Waals surface area contributed by atoms with Crippen LogP contribution in [0, 0.1) is 0 Å². The summed E-state index contributed by atoms with van der Waals surface area (Å²) in [6.07, 6.45) is 2.71. The first-order valence-corrected chi connectivity index (χ1v) is 6.31. The molecule has 78 valence electrons. The second kappa shape index (κ2) is 3.67. The fourth-order valence-electron chi connectivity index (χ4n) is 1.16. The minimum Gasteiger partial charge on any atom is -0.451 e. The fraction of sp³-hybridized carbons (Fsp3) is 0. The molecule has 0 aliphatic heterocycles. The van der Waals surface area contributed by atoms with Crippen LogP contribution in [0.25, 0.3) is 11.3 Å². The molecule has 0 fully saturated rings.